The van der Waals surface area contributed by atoms with Crippen molar-refractivity contribution in [2.24, 2.45) is 0 Å². The van der Waals surface area contributed by atoms with Gasteiger partial charge < -0.3 is 15.4 Å². The van der Waals surface area contributed by atoms with Gasteiger partial charge in [0.15, 0.2) is 0 Å². The van der Waals surface area contributed by atoms with E-state index in [0.717, 1.165) is 11.1 Å². The van der Waals surface area contributed by atoms with E-state index in [4.69, 9.17) is 4.74 Å². The molecule has 0 aliphatic carbocycles. The molecule has 2 aromatic rings. The number of rotatable bonds is 6. The number of carbonyl (C=O) groups excluding carboxylic acids is 3. The number of amides is 3. The highest BCUT2D eigenvalue weighted by atomic mass is 16.6. The van der Waals surface area contributed by atoms with Crippen LogP contribution in [0.4, 0.5) is 4.79 Å². The lowest BCUT2D eigenvalue weighted by Crippen LogP contribution is -2.55. The first-order valence-corrected chi connectivity index (χ1v) is 11.3. The van der Waals surface area contributed by atoms with Gasteiger partial charge in [-0.15, -0.1) is 0 Å². The van der Waals surface area contributed by atoms with E-state index in [1.165, 1.54) is 4.90 Å². The highest BCUT2D eigenvalue weighted by molar-refractivity contribution is 5.92. The summed E-state index contributed by atoms with van der Waals surface area (Å²) in [4.78, 5) is 40.6. The number of nitrogens with one attached hydrogen (secondary N) is 2. The van der Waals surface area contributed by atoms with Crippen LogP contribution in [0.25, 0.3) is 0 Å². The molecule has 0 unspecified atom stereocenters. The number of likely N-dealkylation sites (N-methyl/N-ethyl adjacent to an activating group) is 1. The van der Waals surface area contributed by atoms with Gasteiger partial charge in [0, 0.05) is 25.9 Å². The summed E-state index contributed by atoms with van der Waals surface area (Å²) in [6.07, 6.45) is 0.451. The standard InChI is InChI=1S/C26H33N3O4/c1-26(2,3)33-25(32)29-16-15-20(19-13-9-6-10-14-19)22(29)24(31)28-21(23(30)27-4)17-18-11-7-5-8-12-18/h5-14,20-22H,15-17H2,1-4H3,(H,27,30)(H,28,31)/t20-,21-,22-/m0/s1. The summed E-state index contributed by atoms with van der Waals surface area (Å²) < 4.78 is 5.58. The first kappa shape index (κ1) is 24.3. The fourth-order valence-electron chi connectivity index (χ4n) is 4.18. The van der Waals surface area contributed by atoms with Gasteiger partial charge in [0.2, 0.25) is 11.8 Å². The van der Waals surface area contributed by atoms with Crippen molar-refractivity contribution in [1.29, 1.82) is 0 Å². The van der Waals surface area contributed by atoms with Gasteiger partial charge in [0.25, 0.3) is 0 Å². The van der Waals surface area contributed by atoms with Crippen LogP contribution in [0.3, 0.4) is 0 Å². The molecule has 2 aromatic carbocycles. The Balaban J connectivity index is 1.87. The molecule has 0 bridgehead atoms. The quantitative estimate of drug-likeness (QED) is 0.706. The number of benzene rings is 2. The zero-order chi connectivity index (χ0) is 24.0. The summed E-state index contributed by atoms with van der Waals surface area (Å²) >= 11 is 0. The predicted molar refractivity (Wildman–Crippen MR) is 127 cm³/mol. The maximum atomic E-state index is 13.6. The predicted octanol–water partition coefficient (Wildman–Crippen LogP) is 3.25. The number of hydrogen-bond acceptors (Lipinski definition) is 4. The first-order valence-electron chi connectivity index (χ1n) is 11.3. The van der Waals surface area contributed by atoms with Crippen LogP contribution in [-0.2, 0) is 20.7 Å². The molecule has 0 spiro atoms. The fourth-order valence-corrected chi connectivity index (χ4v) is 4.18. The summed E-state index contributed by atoms with van der Waals surface area (Å²) in [6, 6.07) is 17.7. The van der Waals surface area contributed by atoms with Crippen LogP contribution in [0.15, 0.2) is 60.7 Å². The van der Waals surface area contributed by atoms with E-state index in [0.29, 0.717) is 19.4 Å². The molecule has 0 radical (unpaired) electrons. The van der Waals surface area contributed by atoms with Crippen molar-refractivity contribution in [3.63, 3.8) is 0 Å². The van der Waals surface area contributed by atoms with Gasteiger partial charge in [-0.25, -0.2) is 4.79 Å². The molecular weight excluding hydrogens is 418 g/mol. The molecule has 0 aromatic heterocycles. The van der Waals surface area contributed by atoms with E-state index >= 15 is 0 Å². The van der Waals surface area contributed by atoms with Crippen molar-refractivity contribution in [2.45, 2.75) is 57.2 Å². The number of likely N-dealkylation sites (tertiary alicyclic amines) is 1. The van der Waals surface area contributed by atoms with Gasteiger partial charge >= 0.3 is 6.09 Å². The molecule has 7 heteroatoms. The third kappa shape index (κ3) is 6.34. The Kier molecular flexibility index (Phi) is 7.74. The second-order valence-electron chi connectivity index (χ2n) is 9.29. The van der Waals surface area contributed by atoms with E-state index < -0.39 is 23.8 Å². The average molecular weight is 452 g/mol. The molecule has 1 aliphatic rings. The monoisotopic (exact) mass is 451 g/mol. The van der Waals surface area contributed by atoms with Crippen molar-refractivity contribution in [2.75, 3.05) is 13.6 Å². The lowest BCUT2D eigenvalue weighted by Gasteiger charge is -2.31. The zero-order valence-corrected chi connectivity index (χ0v) is 19.7. The van der Waals surface area contributed by atoms with Crippen LogP contribution < -0.4 is 10.6 Å². The van der Waals surface area contributed by atoms with Crippen molar-refractivity contribution in [3.8, 4) is 0 Å². The molecule has 2 N–H and O–H groups in total. The van der Waals surface area contributed by atoms with Gasteiger partial charge in [-0.1, -0.05) is 60.7 Å². The number of ether oxygens (including phenoxy) is 1. The lowest BCUT2D eigenvalue weighted by atomic mass is 9.91. The van der Waals surface area contributed by atoms with Gasteiger partial charge in [0.05, 0.1) is 0 Å². The van der Waals surface area contributed by atoms with Gasteiger partial charge in [-0.2, -0.15) is 0 Å². The fraction of sp³-hybridized carbons (Fsp3) is 0.423. The van der Waals surface area contributed by atoms with Gasteiger partial charge in [-0.05, 0) is 38.3 Å². The molecule has 7 nitrogen and oxygen atoms in total. The highest BCUT2D eigenvalue weighted by Crippen LogP contribution is 2.34. The summed E-state index contributed by atoms with van der Waals surface area (Å²) in [6.45, 7) is 5.79. The SMILES string of the molecule is CNC(=O)[C@H](Cc1ccccc1)NC(=O)[C@@H]1[C@H](c2ccccc2)CCN1C(=O)OC(C)(C)C. The number of carbonyl (C=O) groups is 3. The smallest absolute Gasteiger partial charge is 0.410 e. The highest BCUT2D eigenvalue weighted by Gasteiger charge is 2.44. The molecule has 3 atom stereocenters. The van der Waals surface area contributed by atoms with Crippen LogP contribution in [0, 0.1) is 0 Å². The lowest BCUT2D eigenvalue weighted by molar-refractivity contribution is -0.131. The summed E-state index contributed by atoms with van der Waals surface area (Å²) in [5.41, 5.74) is 1.23. The van der Waals surface area contributed by atoms with Gasteiger partial charge in [0.1, 0.15) is 17.7 Å². The maximum Gasteiger partial charge on any atom is 0.410 e. The molecule has 1 heterocycles. The minimum atomic E-state index is -0.773. The minimum absolute atomic E-state index is 0.194. The Morgan fingerprint density at radius 2 is 1.64 bits per heavy atom. The zero-order valence-electron chi connectivity index (χ0n) is 19.7. The summed E-state index contributed by atoms with van der Waals surface area (Å²) in [5, 5.41) is 5.54. The molecule has 1 fully saturated rings. The Hall–Kier alpha value is -3.35. The van der Waals surface area contributed by atoms with E-state index in [2.05, 4.69) is 10.6 Å². The Morgan fingerprint density at radius 1 is 1.03 bits per heavy atom. The molecule has 3 amide bonds. The van der Waals surface area contributed by atoms with Crippen LogP contribution in [-0.4, -0.2) is 54.1 Å². The number of hydrogen-bond donors (Lipinski definition) is 2. The van der Waals surface area contributed by atoms with Crippen LogP contribution in [0.1, 0.15) is 44.2 Å². The largest absolute Gasteiger partial charge is 0.444 e. The second kappa shape index (κ2) is 10.5. The average Bonchev–Trinajstić information content (AvgIpc) is 3.24. The molecule has 3 rings (SSSR count). The molecule has 1 aliphatic heterocycles. The second-order valence-corrected chi connectivity index (χ2v) is 9.29. The van der Waals surface area contributed by atoms with E-state index in [1.54, 1.807) is 27.8 Å². The molecule has 1 saturated heterocycles. The molecular formula is C26H33N3O4. The summed E-state index contributed by atoms with van der Waals surface area (Å²) in [7, 11) is 1.54. The van der Waals surface area contributed by atoms with Crippen molar-refractivity contribution >= 4 is 17.9 Å². The van der Waals surface area contributed by atoms with Gasteiger partial charge in [-0.3, -0.25) is 14.5 Å². The van der Waals surface area contributed by atoms with Crippen LogP contribution >= 0.6 is 0 Å². The molecule has 33 heavy (non-hydrogen) atoms. The van der Waals surface area contributed by atoms with E-state index in [1.807, 2.05) is 60.7 Å². The Bertz CT molecular complexity index is 957. The Labute approximate surface area is 195 Å². The first-order chi connectivity index (χ1) is 15.7. The van der Waals surface area contributed by atoms with Crippen molar-refractivity contribution in [3.05, 3.63) is 71.8 Å². The van der Waals surface area contributed by atoms with Crippen molar-refractivity contribution < 1.29 is 19.1 Å². The van der Waals surface area contributed by atoms with Crippen LogP contribution in [0.5, 0.6) is 0 Å². The Morgan fingerprint density at radius 3 is 2.21 bits per heavy atom. The van der Waals surface area contributed by atoms with Crippen molar-refractivity contribution in [1.82, 2.24) is 15.5 Å². The normalized spacial score (nSPS) is 19.0. The molecule has 176 valence electrons. The third-order valence-corrected chi connectivity index (χ3v) is 5.68. The van der Waals surface area contributed by atoms with E-state index in [9.17, 15) is 14.4 Å². The van der Waals surface area contributed by atoms with E-state index in [-0.39, 0.29) is 17.7 Å². The topological polar surface area (TPSA) is 87.7 Å². The maximum absolute atomic E-state index is 13.6. The minimum Gasteiger partial charge on any atom is -0.444 e. The number of nitrogens with zero attached hydrogens (tertiary/aromatic N) is 1. The van der Waals surface area contributed by atoms with Crippen LogP contribution in [0.2, 0.25) is 0 Å². The molecule has 0 saturated carbocycles. The summed E-state index contributed by atoms with van der Waals surface area (Å²) in [5.74, 6) is -0.845. The third-order valence-electron chi connectivity index (χ3n) is 5.68.